The molecule has 6 heteroatoms. The van der Waals surface area contributed by atoms with Crippen LogP contribution in [0.2, 0.25) is 0 Å². The number of rotatable bonds is 5. The van der Waals surface area contributed by atoms with E-state index in [1.807, 2.05) is 20.8 Å². The van der Waals surface area contributed by atoms with Crippen LogP contribution in [0.3, 0.4) is 0 Å². The van der Waals surface area contributed by atoms with Crippen molar-refractivity contribution >= 4 is 22.7 Å². The van der Waals surface area contributed by atoms with E-state index in [0.29, 0.717) is 0 Å². The minimum Gasteiger partial charge on any atom is -0.480 e. The third-order valence-electron chi connectivity index (χ3n) is 2.32. The second-order valence-corrected chi connectivity index (χ2v) is 7.58. The lowest BCUT2D eigenvalue weighted by molar-refractivity contribution is -0.137. The van der Waals surface area contributed by atoms with Crippen molar-refractivity contribution in [3.63, 3.8) is 0 Å². The fourth-order valence-electron chi connectivity index (χ4n) is 1.45. The maximum atomic E-state index is 12.1. The van der Waals surface area contributed by atoms with Gasteiger partial charge in [0.2, 0.25) is 5.91 Å². The molecule has 106 valence electrons. The van der Waals surface area contributed by atoms with Crippen LogP contribution in [0.5, 0.6) is 0 Å². The van der Waals surface area contributed by atoms with E-state index in [0.717, 1.165) is 0 Å². The highest BCUT2D eigenvalue weighted by Crippen LogP contribution is 2.15. The van der Waals surface area contributed by atoms with Gasteiger partial charge in [0.15, 0.2) is 0 Å². The number of carbonyl (C=O) groups excluding carboxylic acids is 1. The van der Waals surface area contributed by atoms with Crippen LogP contribution in [0.25, 0.3) is 0 Å². The number of aliphatic carboxylic acids is 1. The largest absolute Gasteiger partial charge is 0.480 e. The fourth-order valence-corrected chi connectivity index (χ4v) is 2.89. The standard InChI is InChI=1S/C12H23NO4S/c1-7(2)9(11(15)16)18(17)8(3)10(14)13-12(4,5)6/h7-9H,1-6H3,(H,13,14)(H,15,16). The van der Waals surface area contributed by atoms with Gasteiger partial charge in [0.25, 0.3) is 0 Å². The van der Waals surface area contributed by atoms with Gasteiger partial charge in [-0.25, -0.2) is 0 Å². The van der Waals surface area contributed by atoms with Crippen molar-refractivity contribution in [3.05, 3.63) is 0 Å². The molecular weight excluding hydrogens is 254 g/mol. The van der Waals surface area contributed by atoms with Crippen LogP contribution >= 0.6 is 0 Å². The number of carbonyl (C=O) groups is 2. The van der Waals surface area contributed by atoms with Gasteiger partial charge in [-0.1, -0.05) is 13.8 Å². The first kappa shape index (κ1) is 17.1. The molecule has 0 aliphatic carbocycles. The van der Waals surface area contributed by atoms with Crippen LogP contribution in [0, 0.1) is 5.92 Å². The van der Waals surface area contributed by atoms with Crippen LogP contribution in [-0.4, -0.2) is 37.2 Å². The summed E-state index contributed by atoms with van der Waals surface area (Å²) in [5, 5.41) is 9.90. The molecule has 0 saturated heterocycles. The average Bonchev–Trinajstić information content (AvgIpc) is 2.12. The van der Waals surface area contributed by atoms with Gasteiger partial charge in [0.1, 0.15) is 10.5 Å². The van der Waals surface area contributed by atoms with Gasteiger partial charge < -0.3 is 10.4 Å². The summed E-state index contributed by atoms with van der Waals surface area (Å²) in [6.45, 7) is 10.3. The van der Waals surface area contributed by atoms with Crippen LogP contribution in [0.1, 0.15) is 41.5 Å². The van der Waals surface area contributed by atoms with Gasteiger partial charge in [-0.15, -0.1) is 0 Å². The number of carboxylic acid groups (broad SMARTS) is 1. The van der Waals surface area contributed by atoms with E-state index in [2.05, 4.69) is 5.32 Å². The Hall–Kier alpha value is -0.910. The summed E-state index contributed by atoms with van der Waals surface area (Å²) in [5.41, 5.74) is -0.425. The van der Waals surface area contributed by atoms with Crippen molar-refractivity contribution in [3.8, 4) is 0 Å². The number of hydrogen-bond donors (Lipinski definition) is 2. The Labute approximate surface area is 111 Å². The monoisotopic (exact) mass is 277 g/mol. The normalized spacial score (nSPS) is 17.1. The van der Waals surface area contributed by atoms with Gasteiger partial charge in [0, 0.05) is 16.3 Å². The Morgan fingerprint density at radius 2 is 1.61 bits per heavy atom. The van der Waals surface area contributed by atoms with Crippen LogP contribution in [-0.2, 0) is 20.4 Å². The summed E-state index contributed by atoms with van der Waals surface area (Å²) in [5.74, 6) is -1.79. The van der Waals surface area contributed by atoms with Crippen molar-refractivity contribution in [2.75, 3.05) is 0 Å². The molecule has 3 unspecified atom stereocenters. The van der Waals surface area contributed by atoms with E-state index in [-0.39, 0.29) is 11.8 Å². The molecule has 0 radical (unpaired) electrons. The van der Waals surface area contributed by atoms with E-state index in [9.17, 15) is 13.8 Å². The molecule has 0 saturated carbocycles. The van der Waals surface area contributed by atoms with Crippen molar-refractivity contribution in [2.24, 2.45) is 5.92 Å². The maximum Gasteiger partial charge on any atom is 0.319 e. The van der Waals surface area contributed by atoms with E-state index >= 15 is 0 Å². The first-order valence-electron chi connectivity index (χ1n) is 5.91. The molecule has 0 aliphatic heterocycles. The Bertz CT molecular complexity index is 346. The Morgan fingerprint density at radius 1 is 1.17 bits per heavy atom. The van der Waals surface area contributed by atoms with Gasteiger partial charge in [0.05, 0.1) is 0 Å². The Balaban J connectivity index is 4.87. The van der Waals surface area contributed by atoms with Gasteiger partial charge in [-0.05, 0) is 33.6 Å². The van der Waals surface area contributed by atoms with Crippen molar-refractivity contribution < 1.29 is 18.9 Å². The summed E-state index contributed by atoms with van der Waals surface area (Å²) in [6.07, 6.45) is 0. The summed E-state index contributed by atoms with van der Waals surface area (Å²) >= 11 is 0. The zero-order valence-corrected chi connectivity index (χ0v) is 12.6. The first-order valence-corrected chi connectivity index (χ1v) is 7.19. The molecule has 0 fully saturated rings. The SMILES string of the molecule is CC(C)C(C(=O)O)S(=O)C(C)C(=O)NC(C)(C)C. The van der Waals surface area contributed by atoms with Crippen LogP contribution in [0.15, 0.2) is 0 Å². The van der Waals surface area contributed by atoms with E-state index in [4.69, 9.17) is 5.11 Å². The van der Waals surface area contributed by atoms with E-state index < -0.39 is 32.8 Å². The minimum absolute atomic E-state index is 0.284. The lowest BCUT2D eigenvalue weighted by Crippen LogP contribution is -2.48. The number of nitrogens with one attached hydrogen (secondary N) is 1. The quantitative estimate of drug-likeness (QED) is 0.789. The Kier molecular flexibility index (Phi) is 5.99. The molecule has 0 aliphatic rings. The number of amides is 1. The van der Waals surface area contributed by atoms with Gasteiger partial charge >= 0.3 is 5.97 Å². The summed E-state index contributed by atoms with van der Waals surface area (Å²) in [6, 6.07) is 0. The molecule has 3 atom stereocenters. The smallest absolute Gasteiger partial charge is 0.319 e. The average molecular weight is 277 g/mol. The van der Waals surface area contributed by atoms with E-state index in [1.54, 1.807) is 13.8 Å². The molecule has 0 aromatic carbocycles. The maximum absolute atomic E-state index is 12.1. The molecule has 1 amide bonds. The second-order valence-electron chi connectivity index (χ2n) is 5.71. The zero-order chi connectivity index (χ0) is 14.7. The summed E-state index contributed by atoms with van der Waals surface area (Å²) in [7, 11) is -1.74. The fraction of sp³-hybridized carbons (Fsp3) is 0.833. The lowest BCUT2D eigenvalue weighted by atomic mass is 10.1. The lowest BCUT2D eigenvalue weighted by Gasteiger charge is -2.25. The highest BCUT2D eigenvalue weighted by Gasteiger charge is 2.35. The minimum atomic E-state index is -1.74. The zero-order valence-electron chi connectivity index (χ0n) is 11.8. The van der Waals surface area contributed by atoms with Gasteiger partial charge in [-0.2, -0.15) is 0 Å². The van der Waals surface area contributed by atoms with E-state index in [1.165, 1.54) is 6.92 Å². The molecule has 0 bridgehead atoms. The highest BCUT2D eigenvalue weighted by molar-refractivity contribution is 7.87. The number of carboxylic acids is 1. The first-order chi connectivity index (χ1) is 7.97. The predicted octanol–water partition coefficient (Wildman–Crippen LogP) is 1.15. The Morgan fingerprint density at radius 3 is 1.89 bits per heavy atom. The number of hydrogen-bond acceptors (Lipinski definition) is 3. The van der Waals surface area contributed by atoms with Crippen LogP contribution < -0.4 is 5.32 Å². The van der Waals surface area contributed by atoms with Crippen molar-refractivity contribution in [1.29, 1.82) is 0 Å². The summed E-state index contributed by atoms with van der Waals surface area (Å²) < 4.78 is 12.1. The molecule has 0 spiro atoms. The highest BCUT2D eigenvalue weighted by atomic mass is 32.2. The molecular formula is C12H23NO4S. The molecule has 0 rings (SSSR count). The molecule has 0 heterocycles. The van der Waals surface area contributed by atoms with Crippen LogP contribution in [0.4, 0.5) is 0 Å². The third-order valence-corrected chi connectivity index (χ3v) is 4.47. The second kappa shape index (κ2) is 6.31. The predicted molar refractivity (Wildman–Crippen MR) is 71.8 cm³/mol. The van der Waals surface area contributed by atoms with Crippen molar-refractivity contribution in [1.82, 2.24) is 5.32 Å². The molecule has 18 heavy (non-hydrogen) atoms. The van der Waals surface area contributed by atoms with Gasteiger partial charge in [-0.3, -0.25) is 13.8 Å². The summed E-state index contributed by atoms with van der Waals surface area (Å²) in [4.78, 5) is 22.9. The third kappa shape index (κ3) is 5.16. The molecule has 5 nitrogen and oxygen atoms in total. The van der Waals surface area contributed by atoms with Crippen molar-refractivity contribution in [2.45, 2.75) is 57.6 Å². The molecule has 0 aromatic rings. The molecule has 2 N–H and O–H groups in total. The molecule has 0 aromatic heterocycles. The topological polar surface area (TPSA) is 83.5 Å².